The largest absolute Gasteiger partial charge is 0.396 e. The summed E-state index contributed by atoms with van der Waals surface area (Å²) in [6, 6.07) is 0. The van der Waals surface area contributed by atoms with Gasteiger partial charge in [-0.3, -0.25) is 0 Å². The third-order valence-corrected chi connectivity index (χ3v) is 1.34. The molecule has 0 aliphatic carbocycles. The van der Waals surface area contributed by atoms with Crippen molar-refractivity contribution in [3.05, 3.63) is 0 Å². The van der Waals surface area contributed by atoms with Crippen LogP contribution in [-0.2, 0) is 0 Å². The second-order valence-corrected chi connectivity index (χ2v) is 2.13. The van der Waals surface area contributed by atoms with Crippen LogP contribution in [0.15, 0.2) is 0 Å². The van der Waals surface area contributed by atoms with Crippen molar-refractivity contribution in [1.29, 1.82) is 0 Å². The molecule has 0 saturated heterocycles. The summed E-state index contributed by atoms with van der Waals surface area (Å²) in [4.78, 5) is 0. The Morgan fingerprint density at radius 3 is 0.846 bits per heavy atom. The minimum Gasteiger partial charge on any atom is -0.396 e. The van der Waals surface area contributed by atoms with Crippen molar-refractivity contribution >= 4 is 39.7 Å². The number of aliphatic hydroxyl groups is 4. The fourth-order valence-corrected chi connectivity index (χ4v) is 0.300. The van der Waals surface area contributed by atoms with Gasteiger partial charge in [-0.25, -0.2) is 0 Å². The van der Waals surface area contributed by atoms with Crippen LogP contribution in [0.2, 0.25) is 0 Å². The molecule has 0 amide bonds. The average molecular weight is 273 g/mol. The molecular weight excluding hydrogens is 257 g/mol. The van der Waals surface area contributed by atoms with Crippen LogP contribution in [0.4, 0.5) is 0 Å². The maximum Gasteiger partial charge on any atom is 0.0627 e. The molecular formula is C5H16Cl2O4P2. The molecule has 0 rings (SSSR count). The Kier molecular flexibility index (Phi) is 24.0. The first-order valence-electron chi connectivity index (χ1n) is 3.12. The average Bonchev–Trinajstić information content (AvgIpc) is 2.28. The highest BCUT2D eigenvalue weighted by atomic mass is 35.7. The number of hydrogen-bond acceptors (Lipinski definition) is 4. The van der Waals surface area contributed by atoms with Gasteiger partial charge in [0.25, 0.3) is 0 Å². The summed E-state index contributed by atoms with van der Waals surface area (Å²) in [5, 5.41) is 34.0. The summed E-state index contributed by atoms with van der Waals surface area (Å²) >= 11 is 9.11. The predicted molar refractivity (Wildman–Crippen MR) is 61.9 cm³/mol. The van der Waals surface area contributed by atoms with Gasteiger partial charge in [-0.2, -0.15) is 0 Å². The van der Waals surface area contributed by atoms with Crippen molar-refractivity contribution in [3.63, 3.8) is 0 Å². The molecule has 0 radical (unpaired) electrons. The van der Waals surface area contributed by atoms with E-state index in [1.165, 1.54) is 0 Å². The molecule has 4 N–H and O–H groups in total. The highest BCUT2D eigenvalue weighted by Gasteiger charge is 2.26. The van der Waals surface area contributed by atoms with Gasteiger partial charge >= 0.3 is 0 Å². The summed E-state index contributed by atoms with van der Waals surface area (Å²) in [5.74, 6) is 0. The summed E-state index contributed by atoms with van der Waals surface area (Å²) in [6.45, 7) is -1.62. The maximum atomic E-state index is 8.50. The van der Waals surface area contributed by atoms with E-state index in [0.717, 1.165) is 0 Å². The zero-order valence-corrected chi connectivity index (χ0v) is 10.8. The second kappa shape index (κ2) is 15.7. The zero-order chi connectivity index (χ0) is 11.3. The Morgan fingerprint density at radius 1 is 0.692 bits per heavy atom. The standard InChI is InChI=1S/C5H12O4.2ClH2P/c6-1-5(2-7,3-8)4-9;2*1-2/h6-9H,1-4H2;2*2H2. The highest BCUT2D eigenvalue weighted by molar-refractivity contribution is 7.52. The molecule has 2 atom stereocenters. The van der Waals surface area contributed by atoms with E-state index in [4.69, 9.17) is 20.4 Å². The first kappa shape index (κ1) is 19.8. The Bertz CT molecular complexity index is 67.4. The molecule has 8 heteroatoms. The monoisotopic (exact) mass is 272 g/mol. The van der Waals surface area contributed by atoms with Gasteiger partial charge in [-0.1, -0.05) is 0 Å². The molecule has 0 spiro atoms. The van der Waals surface area contributed by atoms with E-state index in [-0.39, 0.29) is 0 Å². The summed E-state index contributed by atoms with van der Waals surface area (Å²) in [6.07, 6.45) is 0. The Labute approximate surface area is 92.2 Å². The molecule has 4 nitrogen and oxygen atoms in total. The SMILES string of the molecule is OCC(CO)(CO)CO.PCl.PCl. The van der Waals surface area contributed by atoms with Gasteiger partial charge in [-0.05, 0) is 17.2 Å². The Hall–Kier alpha value is 1.28. The lowest BCUT2D eigenvalue weighted by Crippen LogP contribution is -2.37. The minimum absolute atomic E-state index is 0.406. The Morgan fingerprint density at radius 2 is 0.846 bits per heavy atom. The molecule has 0 aromatic rings. The van der Waals surface area contributed by atoms with E-state index in [0.29, 0.717) is 0 Å². The van der Waals surface area contributed by atoms with E-state index in [1.54, 1.807) is 0 Å². The smallest absolute Gasteiger partial charge is 0.0627 e. The molecule has 13 heavy (non-hydrogen) atoms. The van der Waals surface area contributed by atoms with Crippen LogP contribution in [0.5, 0.6) is 0 Å². The molecule has 0 aromatic carbocycles. The molecule has 0 aliphatic heterocycles. The van der Waals surface area contributed by atoms with Gasteiger partial charge in [0.15, 0.2) is 0 Å². The second-order valence-electron chi connectivity index (χ2n) is 2.13. The molecule has 0 aromatic heterocycles. The van der Waals surface area contributed by atoms with Crippen molar-refractivity contribution in [2.24, 2.45) is 5.41 Å². The fourth-order valence-electron chi connectivity index (χ4n) is 0.300. The van der Waals surface area contributed by atoms with E-state index in [2.05, 4.69) is 22.5 Å². The highest BCUT2D eigenvalue weighted by Crippen LogP contribution is 2.11. The van der Waals surface area contributed by atoms with Gasteiger partial charge in [0.2, 0.25) is 0 Å². The van der Waals surface area contributed by atoms with Gasteiger partial charge < -0.3 is 20.4 Å². The molecule has 0 aliphatic rings. The topological polar surface area (TPSA) is 80.9 Å². The van der Waals surface area contributed by atoms with Crippen molar-refractivity contribution in [1.82, 2.24) is 0 Å². The Balaban J connectivity index is -0.000000218. The maximum absolute atomic E-state index is 8.50. The lowest BCUT2D eigenvalue weighted by Gasteiger charge is -2.23. The lowest BCUT2D eigenvalue weighted by molar-refractivity contribution is -0.0328. The first-order valence-corrected chi connectivity index (χ1v) is 6.61. The normalized spacial score (nSPS) is 9.23. The number of halogens is 2. The van der Waals surface area contributed by atoms with Crippen LogP contribution < -0.4 is 0 Å². The lowest BCUT2D eigenvalue weighted by atomic mass is 9.93. The molecule has 0 saturated carbocycles. The van der Waals surface area contributed by atoms with Crippen LogP contribution in [-0.4, -0.2) is 46.9 Å². The minimum atomic E-state index is -1.11. The van der Waals surface area contributed by atoms with Gasteiger partial charge in [-0.15, -0.1) is 22.5 Å². The molecule has 0 heterocycles. The summed E-state index contributed by atoms with van der Waals surface area (Å²) < 4.78 is 0. The van der Waals surface area contributed by atoms with E-state index < -0.39 is 31.8 Å². The summed E-state index contributed by atoms with van der Waals surface area (Å²) in [5.41, 5.74) is -1.11. The molecule has 0 fully saturated rings. The third-order valence-electron chi connectivity index (χ3n) is 1.34. The summed E-state index contributed by atoms with van der Waals surface area (Å²) in [7, 11) is 3.78. The van der Waals surface area contributed by atoms with Crippen molar-refractivity contribution in [3.8, 4) is 0 Å². The van der Waals surface area contributed by atoms with Crippen LogP contribution in [0, 0.1) is 5.41 Å². The quantitative estimate of drug-likeness (QED) is 0.542. The number of hydrogen-bond donors (Lipinski definition) is 4. The van der Waals surface area contributed by atoms with Crippen LogP contribution in [0.25, 0.3) is 0 Å². The van der Waals surface area contributed by atoms with Crippen molar-refractivity contribution in [2.45, 2.75) is 0 Å². The van der Waals surface area contributed by atoms with Gasteiger partial charge in [0.1, 0.15) is 0 Å². The zero-order valence-electron chi connectivity index (χ0n) is 7.03. The third kappa shape index (κ3) is 9.58. The first-order chi connectivity index (χ1) is 6.24. The van der Waals surface area contributed by atoms with Crippen molar-refractivity contribution in [2.75, 3.05) is 26.4 Å². The number of aliphatic hydroxyl groups excluding tert-OH is 4. The van der Waals surface area contributed by atoms with E-state index in [9.17, 15) is 0 Å². The predicted octanol–water partition coefficient (Wildman–Crippen LogP) is -0.0274. The van der Waals surface area contributed by atoms with Gasteiger partial charge in [0, 0.05) is 0 Å². The molecule has 0 bridgehead atoms. The van der Waals surface area contributed by atoms with E-state index in [1.807, 2.05) is 17.2 Å². The van der Waals surface area contributed by atoms with E-state index >= 15 is 0 Å². The van der Waals surface area contributed by atoms with Crippen LogP contribution >= 0.6 is 39.7 Å². The molecule has 84 valence electrons. The van der Waals surface area contributed by atoms with Crippen molar-refractivity contribution < 1.29 is 20.4 Å². The van der Waals surface area contributed by atoms with Crippen LogP contribution in [0.3, 0.4) is 0 Å². The van der Waals surface area contributed by atoms with Gasteiger partial charge in [0.05, 0.1) is 31.8 Å². The van der Waals surface area contributed by atoms with Crippen LogP contribution in [0.1, 0.15) is 0 Å². The molecule has 2 unspecified atom stereocenters. The number of rotatable bonds is 4. The fraction of sp³-hybridized carbons (Fsp3) is 1.00.